The first-order valence-electron chi connectivity index (χ1n) is 4.37. The van der Waals surface area contributed by atoms with Gasteiger partial charge in [-0.25, -0.2) is 0 Å². The number of allylic oxidation sites excluding steroid dienone is 1. The largest absolute Gasteiger partial charge is 0.312 e. The van der Waals surface area contributed by atoms with E-state index in [4.69, 9.17) is 0 Å². The second-order valence-corrected chi connectivity index (χ2v) is 3.13. The molecule has 76 valence electrons. The van der Waals surface area contributed by atoms with Crippen LogP contribution in [0.2, 0.25) is 0 Å². The van der Waals surface area contributed by atoms with Crippen molar-refractivity contribution in [3.8, 4) is 0 Å². The Labute approximate surface area is 84.3 Å². The average molecular weight is 194 g/mol. The minimum absolute atomic E-state index is 0. The fourth-order valence-electron chi connectivity index (χ4n) is 0.539. The molecule has 0 aromatic heterocycles. The second-order valence-electron chi connectivity index (χ2n) is 3.13. The predicted octanol–water partition coefficient (Wildman–Crippen LogP) is 3.35. The Morgan fingerprint density at radius 1 is 1.17 bits per heavy atom. The van der Waals surface area contributed by atoms with Crippen LogP contribution in [-0.2, 0) is 0 Å². The maximum Gasteiger partial charge on any atom is -0.0140 e. The van der Waals surface area contributed by atoms with Crippen molar-refractivity contribution in [1.82, 2.24) is 4.90 Å². The third kappa shape index (κ3) is 50.7. The molecule has 2 heteroatoms. The second kappa shape index (κ2) is 17.2. The normalized spacial score (nSPS) is 8.08. The minimum atomic E-state index is 0. The van der Waals surface area contributed by atoms with Crippen LogP contribution in [0.15, 0.2) is 12.7 Å². The van der Waals surface area contributed by atoms with Gasteiger partial charge in [0, 0.05) is 0 Å². The predicted molar refractivity (Wildman–Crippen MR) is 61.2 cm³/mol. The number of hydrogen-bond acceptors (Lipinski definition) is 1. The van der Waals surface area contributed by atoms with Crippen LogP contribution in [-0.4, -0.2) is 26.0 Å². The highest BCUT2D eigenvalue weighted by Gasteiger charge is 1.77. The summed E-state index contributed by atoms with van der Waals surface area (Å²) in [6, 6.07) is 0. The van der Waals surface area contributed by atoms with Gasteiger partial charge < -0.3 is 4.90 Å². The van der Waals surface area contributed by atoms with Gasteiger partial charge in [-0.05, 0) is 34.0 Å². The van der Waals surface area contributed by atoms with Gasteiger partial charge >= 0.3 is 0 Å². The molecule has 12 heavy (non-hydrogen) atoms. The highest BCUT2D eigenvalue weighted by molar-refractivity contribution is 5.85. The number of unbranched alkanes of at least 4 members (excludes halogenated alkanes) is 3. The molecule has 0 aliphatic carbocycles. The molecule has 0 N–H and O–H groups in total. The van der Waals surface area contributed by atoms with E-state index in [0.717, 1.165) is 0 Å². The molecule has 0 aromatic rings. The van der Waals surface area contributed by atoms with E-state index in [1.165, 1.54) is 25.7 Å². The molecule has 0 aromatic carbocycles. The summed E-state index contributed by atoms with van der Waals surface area (Å²) in [6.45, 7) is 5.84. The summed E-state index contributed by atoms with van der Waals surface area (Å²) in [5.74, 6) is 0. The van der Waals surface area contributed by atoms with Gasteiger partial charge in [0.2, 0.25) is 0 Å². The summed E-state index contributed by atoms with van der Waals surface area (Å²) in [4.78, 5) is 2.00. The molecule has 0 unspecified atom stereocenters. The van der Waals surface area contributed by atoms with E-state index >= 15 is 0 Å². The number of hydrogen-bond donors (Lipinski definition) is 0. The van der Waals surface area contributed by atoms with E-state index in [-0.39, 0.29) is 12.4 Å². The van der Waals surface area contributed by atoms with Crippen LogP contribution in [0.25, 0.3) is 0 Å². The van der Waals surface area contributed by atoms with Gasteiger partial charge in [-0.1, -0.05) is 25.8 Å². The van der Waals surface area contributed by atoms with Gasteiger partial charge in [0.15, 0.2) is 0 Å². The maximum absolute atomic E-state index is 3.63. The van der Waals surface area contributed by atoms with E-state index in [9.17, 15) is 0 Å². The van der Waals surface area contributed by atoms with Crippen molar-refractivity contribution >= 4 is 12.4 Å². The Morgan fingerprint density at radius 3 is 1.83 bits per heavy atom. The molecule has 1 nitrogen and oxygen atoms in total. The highest BCUT2D eigenvalue weighted by atomic mass is 35.5. The van der Waals surface area contributed by atoms with Gasteiger partial charge in [0.25, 0.3) is 0 Å². The van der Waals surface area contributed by atoms with Crippen LogP contribution in [0.4, 0.5) is 0 Å². The van der Waals surface area contributed by atoms with Crippen LogP contribution < -0.4 is 0 Å². The van der Waals surface area contributed by atoms with Gasteiger partial charge in [0.1, 0.15) is 0 Å². The molecule has 0 rings (SSSR count). The van der Waals surface area contributed by atoms with Crippen molar-refractivity contribution < 1.29 is 0 Å². The van der Waals surface area contributed by atoms with Gasteiger partial charge in [-0.15, -0.1) is 19.0 Å². The molecular weight excluding hydrogens is 170 g/mol. The van der Waals surface area contributed by atoms with Crippen LogP contribution in [0.1, 0.15) is 32.6 Å². The lowest BCUT2D eigenvalue weighted by Crippen LogP contribution is -1.99. The molecule has 0 fully saturated rings. The molecule has 0 heterocycles. The smallest absolute Gasteiger partial charge is 0.0140 e. The first-order chi connectivity index (χ1) is 5.15. The summed E-state index contributed by atoms with van der Waals surface area (Å²) in [6.07, 6.45) is 7.16. The Morgan fingerprint density at radius 2 is 1.58 bits per heavy atom. The Balaban J connectivity index is -0.000000142. The summed E-state index contributed by atoms with van der Waals surface area (Å²) >= 11 is 0. The summed E-state index contributed by atoms with van der Waals surface area (Å²) < 4.78 is 0. The maximum atomic E-state index is 3.63. The zero-order chi connectivity index (χ0) is 9.11. The molecule has 0 aliphatic rings. The SMILES string of the molecule is C=CCCCCC.CN(C)C.Cl. The van der Waals surface area contributed by atoms with E-state index in [2.05, 4.69) is 13.5 Å². The number of nitrogens with zero attached hydrogens (tertiary/aromatic N) is 1. The van der Waals surface area contributed by atoms with E-state index in [1.807, 2.05) is 32.1 Å². The first-order valence-corrected chi connectivity index (χ1v) is 4.37. The molecule has 0 aliphatic heterocycles. The first kappa shape index (κ1) is 17.9. The van der Waals surface area contributed by atoms with Crippen molar-refractivity contribution in [3.05, 3.63) is 12.7 Å². The van der Waals surface area contributed by atoms with Crippen molar-refractivity contribution in [3.63, 3.8) is 0 Å². The minimum Gasteiger partial charge on any atom is -0.312 e. The third-order valence-corrected chi connectivity index (χ3v) is 1.01. The Hall–Kier alpha value is -0.0100. The monoisotopic (exact) mass is 193 g/mol. The highest BCUT2D eigenvalue weighted by Crippen LogP contribution is 1.97. The molecular formula is C10H24ClN. The van der Waals surface area contributed by atoms with Crippen LogP contribution >= 0.6 is 12.4 Å². The molecule has 0 saturated heterocycles. The average Bonchev–Trinajstić information content (AvgIpc) is 1.88. The number of rotatable bonds is 4. The van der Waals surface area contributed by atoms with E-state index in [1.54, 1.807) is 0 Å². The molecule has 0 radical (unpaired) electrons. The van der Waals surface area contributed by atoms with Crippen molar-refractivity contribution in [2.75, 3.05) is 21.1 Å². The molecule has 0 atom stereocenters. The van der Waals surface area contributed by atoms with Gasteiger partial charge in [0.05, 0.1) is 0 Å². The van der Waals surface area contributed by atoms with Crippen molar-refractivity contribution in [1.29, 1.82) is 0 Å². The lowest BCUT2D eigenvalue weighted by Gasteiger charge is -1.90. The van der Waals surface area contributed by atoms with E-state index in [0.29, 0.717) is 0 Å². The fourth-order valence-corrected chi connectivity index (χ4v) is 0.539. The Kier molecular flexibility index (Phi) is 25.7. The zero-order valence-electron chi connectivity index (χ0n) is 8.97. The van der Waals surface area contributed by atoms with Crippen molar-refractivity contribution in [2.45, 2.75) is 32.6 Å². The van der Waals surface area contributed by atoms with Crippen LogP contribution in [0.3, 0.4) is 0 Å². The summed E-state index contributed by atoms with van der Waals surface area (Å²) in [5, 5.41) is 0. The Bertz CT molecular complexity index is 69.5. The molecule has 0 amide bonds. The van der Waals surface area contributed by atoms with Crippen molar-refractivity contribution in [2.24, 2.45) is 0 Å². The van der Waals surface area contributed by atoms with Crippen LogP contribution in [0.5, 0.6) is 0 Å². The standard InChI is InChI=1S/C7H14.C3H9N.ClH/c1-3-5-7-6-4-2;1-4(2)3;/h3H,1,4-7H2,2H3;1-3H3;1H. The van der Waals surface area contributed by atoms with Gasteiger partial charge in [-0.3, -0.25) is 0 Å². The van der Waals surface area contributed by atoms with Gasteiger partial charge in [-0.2, -0.15) is 0 Å². The lowest BCUT2D eigenvalue weighted by molar-refractivity contribution is 0.505. The van der Waals surface area contributed by atoms with Crippen LogP contribution in [0, 0.1) is 0 Å². The summed E-state index contributed by atoms with van der Waals surface area (Å²) in [5.41, 5.74) is 0. The zero-order valence-corrected chi connectivity index (χ0v) is 9.78. The van der Waals surface area contributed by atoms with E-state index < -0.39 is 0 Å². The number of halogens is 1. The molecule has 0 spiro atoms. The lowest BCUT2D eigenvalue weighted by atomic mass is 10.2. The quantitative estimate of drug-likeness (QED) is 0.489. The fraction of sp³-hybridized carbons (Fsp3) is 0.800. The summed E-state index contributed by atoms with van der Waals surface area (Å²) in [7, 11) is 6.00. The third-order valence-electron chi connectivity index (χ3n) is 1.01. The molecule has 0 bridgehead atoms. The topological polar surface area (TPSA) is 3.24 Å². The molecule has 0 saturated carbocycles.